The van der Waals surface area contributed by atoms with Crippen molar-refractivity contribution in [1.82, 2.24) is 4.57 Å². The zero-order valence-corrected chi connectivity index (χ0v) is 16.1. The second-order valence-corrected chi connectivity index (χ2v) is 7.72. The summed E-state index contributed by atoms with van der Waals surface area (Å²) in [5.74, 6) is 0.480. The first-order valence-corrected chi connectivity index (χ1v) is 9.59. The fraction of sp³-hybridized carbons (Fsp3) is 0.150. The van der Waals surface area contributed by atoms with Crippen molar-refractivity contribution in [2.75, 3.05) is 7.11 Å². The van der Waals surface area contributed by atoms with E-state index in [0.29, 0.717) is 32.7 Å². The van der Waals surface area contributed by atoms with E-state index in [4.69, 9.17) is 17.0 Å². The van der Waals surface area contributed by atoms with Gasteiger partial charge in [0.1, 0.15) is 10.6 Å². The number of para-hydroxylation sites is 1. The molecule has 0 fully saturated rings. The molecular weight excluding hydrogens is 380 g/mol. The highest BCUT2D eigenvalue weighted by molar-refractivity contribution is 7.73. The summed E-state index contributed by atoms with van der Waals surface area (Å²) in [7, 11) is 1.63. The summed E-state index contributed by atoms with van der Waals surface area (Å²) in [6.07, 6.45) is 0.701. The number of aryl methyl sites for hydroxylation is 1. The summed E-state index contributed by atoms with van der Waals surface area (Å²) in [5, 5.41) is 12.1. The molecule has 1 amide bonds. The highest BCUT2D eigenvalue weighted by Crippen LogP contribution is 2.32. The van der Waals surface area contributed by atoms with Crippen molar-refractivity contribution in [3.05, 3.63) is 73.5 Å². The van der Waals surface area contributed by atoms with Crippen LogP contribution in [-0.2, 0) is 17.8 Å². The van der Waals surface area contributed by atoms with Crippen molar-refractivity contribution in [2.45, 2.75) is 13.0 Å². The molecule has 1 aliphatic heterocycles. The van der Waals surface area contributed by atoms with Crippen molar-refractivity contribution in [3.63, 3.8) is 0 Å². The van der Waals surface area contributed by atoms with Crippen LogP contribution in [0.15, 0.2) is 53.5 Å². The van der Waals surface area contributed by atoms with Crippen LogP contribution in [0.5, 0.6) is 11.6 Å². The fourth-order valence-corrected chi connectivity index (χ4v) is 4.46. The Kier molecular flexibility index (Phi) is 4.63. The smallest absolute Gasteiger partial charge is 0.279 e. The van der Waals surface area contributed by atoms with Crippen LogP contribution in [0.3, 0.4) is 0 Å². The molecule has 27 heavy (non-hydrogen) atoms. The summed E-state index contributed by atoms with van der Waals surface area (Å²) in [4.78, 5) is 16.9. The van der Waals surface area contributed by atoms with Gasteiger partial charge in [0.05, 0.1) is 18.0 Å². The Morgan fingerprint density at radius 3 is 2.67 bits per heavy atom. The highest BCUT2D eigenvalue weighted by Gasteiger charge is 2.24. The molecule has 0 spiro atoms. The first-order chi connectivity index (χ1) is 13.1. The Bertz CT molecular complexity index is 1210. The van der Waals surface area contributed by atoms with Crippen LogP contribution >= 0.6 is 23.6 Å². The number of amides is 1. The predicted molar refractivity (Wildman–Crippen MR) is 106 cm³/mol. The minimum absolute atomic E-state index is 0.0220. The third-order valence-electron chi connectivity index (χ3n) is 4.49. The summed E-state index contributed by atoms with van der Waals surface area (Å²) in [6.45, 7) is 0.522. The first-order valence-electron chi connectivity index (χ1n) is 8.37. The molecule has 7 heteroatoms. The zero-order chi connectivity index (χ0) is 19.0. The van der Waals surface area contributed by atoms with Crippen LogP contribution in [0.4, 0.5) is 0 Å². The molecule has 4 rings (SSSR count). The second kappa shape index (κ2) is 7.09. The maximum atomic E-state index is 12.4. The van der Waals surface area contributed by atoms with Gasteiger partial charge in [0, 0.05) is 11.8 Å². The third-order valence-corrected chi connectivity index (χ3v) is 5.94. The van der Waals surface area contributed by atoms with Gasteiger partial charge >= 0.3 is 0 Å². The lowest BCUT2D eigenvalue weighted by Gasteiger charge is -2.07. The molecule has 3 aromatic rings. The van der Waals surface area contributed by atoms with Crippen molar-refractivity contribution in [1.29, 1.82) is 0 Å². The van der Waals surface area contributed by atoms with Gasteiger partial charge in [0.15, 0.2) is 3.95 Å². The molecule has 5 nitrogen and oxygen atoms in total. The second-order valence-electron chi connectivity index (χ2n) is 6.08. The number of hydrogen-bond donors (Lipinski definition) is 1. The van der Waals surface area contributed by atoms with Crippen LogP contribution in [0.1, 0.15) is 10.4 Å². The number of aromatic hydroxyl groups is 1. The lowest BCUT2D eigenvalue weighted by atomic mass is 10.1. The van der Waals surface area contributed by atoms with Crippen molar-refractivity contribution >= 4 is 35.0 Å². The van der Waals surface area contributed by atoms with Gasteiger partial charge in [-0.2, -0.15) is 0 Å². The van der Waals surface area contributed by atoms with Gasteiger partial charge in [-0.25, -0.2) is 4.99 Å². The fourth-order valence-electron chi connectivity index (χ4n) is 3.07. The van der Waals surface area contributed by atoms with Gasteiger partial charge in [-0.05, 0) is 42.4 Å². The van der Waals surface area contributed by atoms with Crippen molar-refractivity contribution in [3.8, 4) is 11.6 Å². The number of benzene rings is 2. The number of rotatable bonds is 5. The Labute approximate surface area is 164 Å². The summed E-state index contributed by atoms with van der Waals surface area (Å²) >= 11 is 6.67. The van der Waals surface area contributed by atoms with Gasteiger partial charge in [-0.1, -0.05) is 30.3 Å². The van der Waals surface area contributed by atoms with Crippen LogP contribution in [0, 0.1) is 3.95 Å². The zero-order valence-electron chi connectivity index (χ0n) is 14.5. The van der Waals surface area contributed by atoms with E-state index in [2.05, 4.69) is 4.99 Å². The highest BCUT2D eigenvalue weighted by atomic mass is 32.1. The van der Waals surface area contributed by atoms with Gasteiger partial charge in [0.2, 0.25) is 5.88 Å². The Morgan fingerprint density at radius 2 is 1.93 bits per heavy atom. The maximum Gasteiger partial charge on any atom is 0.279 e. The number of fused-ring (bicyclic) bond motifs is 1. The van der Waals surface area contributed by atoms with E-state index in [1.54, 1.807) is 17.7 Å². The molecule has 0 radical (unpaired) electrons. The molecule has 0 saturated heterocycles. The molecule has 1 aromatic heterocycles. The number of hydrogen-bond acceptors (Lipinski definition) is 5. The molecule has 1 aliphatic rings. The van der Waals surface area contributed by atoms with Gasteiger partial charge < -0.3 is 9.84 Å². The van der Waals surface area contributed by atoms with Crippen LogP contribution in [0.2, 0.25) is 0 Å². The van der Waals surface area contributed by atoms with Gasteiger partial charge in [-0.15, -0.1) is 11.3 Å². The lowest BCUT2D eigenvalue weighted by molar-refractivity contribution is -0.112. The SMILES string of the molecule is COc1ccc(CCn2c(O)c(C3=c4ccccc4=NC3=O)sc2=S)cc1. The number of carbonyl (C=O) groups is 1. The van der Waals surface area contributed by atoms with Crippen molar-refractivity contribution in [2.24, 2.45) is 4.99 Å². The van der Waals surface area contributed by atoms with Crippen molar-refractivity contribution < 1.29 is 14.6 Å². The molecule has 1 N–H and O–H groups in total. The number of thiazole rings is 1. The molecule has 136 valence electrons. The van der Waals surface area contributed by atoms with Gasteiger partial charge in [-0.3, -0.25) is 9.36 Å². The number of carbonyl (C=O) groups excluding carboxylic acids is 1. The van der Waals surface area contributed by atoms with E-state index in [0.717, 1.165) is 16.5 Å². The first kappa shape index (κ1) is 17.6. The quantitative estimate of drug-likeness (QED) is 0.674. The molecule has 2 heterocycles. The third kappa shape index (κ3) is 3.20. The summed E-state index contributed by atoms with van der Waals surface area (Å²) in [5.41, 5.74) is 1.53. The molecule has 0 saturated carbocycles. The van der Waals surface area contributed by atoms with Crippen LogP contribution in [-0.4, -0.2) is 22.7 Å². The number of methoxy groups -OCH3 is 1. The maximum absolute atomic E-state index is 12.4. The van der Waals surface area contributed by atoms with E-state index in [1.807, 2.05) is 42.5 Å². The summed E-state index contributed by atoms with van der Waals surface area (Å²) in [6, 6.07) is 15.1. The molecule has 0 aliphatic carbocycles. The average molecular weight is 396 g/mol. The van der Waals surface area contributed by atoms with E-state index < -0.39 is 0 Å². The van der Waals surface area contributed by atoms with E-state index in [-0.39, 0.29) is 11.8 Å². The molecular formula is C20H16N2O3S2. The topological polar surface area (TPSA) is 63.8 Å². The molecule has 0 bridgehead atoms. The van der Waals surface area contributed by atoms with Crippen LogP contribution < -0.4 is 15.3 Å². The molecule has 0 unspecified atom stereocenters. The Hall–Kier alpha value is -2.77. The lowest BCUT2D eigenvalue weighted by Crippen LogP contribution is -2.22. The van der Waals surface area contributed by atoms with Gasteiger partial charge in [0.25, 0.3) is 5.91 Å². The summed E-state index contributed by atoms with van der Waals surface area (Å²) < 4.78 is 7.36. The van der Waals surface area contributed by atoms with E-state index in [1.165, 1.54) is 11.3 Å². The minimum atomic E-state index is -0.343. The normalized spacial score (nSPS) is 12.8. The average Bonchev–Trinajstić information content (AvgIpc) is 3.15. The number of nitrogens with zero attached hydrogens (tertiary/aromatic N) is 2. The standard InChI is InChI=1S/C20H16N2O3S2/c1-25-13-8-6-12(7-9-13)10-11-22-19(24)17(27-20(22)26)16-14-4-2-3-5-15(14)21-18(16)23/h2-9,24H,10-11H2,1H3. The van der Waals surface area contributed by atoms with Crippen LogP contribution in [0.25, 0.3) is 5.57 Å². The Morgan fingerprint density at radius 1 is 1.19 bits per heavy atom. The number of aromatic nitrogens is 1. The molecule has 0 atom stereocenters. The van der Waals surface area contributed by atoms with E-state index >= 15 is 0 Å². The molecule has 2 aromatic carbocycles. The number of ether oxygens (including phenoxy) is 1. The van der Waals surface area contributed by atoms with E-state index in [9.17, 15) is 9.90 Å². The minimum Gasteiger partial charge on any atom is -0.497 e. The Balaban J connectivity index is 1.68. The predicted octanol–water partition coefficient (Wildman–Crippen LogP) is 2.59. The monoisotopic (exact) mass is 396 g/mol. The largest absolute Gasteiger partial charge is 0.497 e.